The van der Waals surface area contributed by atoms with Crippen molar-refractivity contribution in [2.45, 2.75) is 29.8 Å². The highest BCUT2D eigenvalue weighted by molar-refractivity contribution is 7.89. The van der Waals surface area contributed by atoms with Crippen LogP contribution in [0.2, 0.25) is 0 Å². The van der Waals surface area contributed by atoms with Crippen molar-refractivity contribution < 1.29 is 17.6 Å². The molecule has 1 saturated heterocycles. The number of benzene rings is 2. The molecule has 1 fully saturated rings. The van der Waals surface area contributed by atoms with E-state index >= 15 is 0 Å². The highest BCUT2D eigenvalue weighted by Gasteiger charge is 2.31. The van der Waals surface area contributed by atoms with Crippen LogP contribution in [-0.2, 0) is 14.8 Å². The molecule has 6 nitrogen and oxygen atoms in total. The molecule has 0 radical (unpaired) electrons. The van der Waals surface area contributed by atoms with Gasteiger partial charge in [-0.05, 0) is 42.7 Å². The van der Waals surface area contributed by atoms with E-state index in [1.165, 1.54) is 12.1 Å². The normalized spacial score (nSPS) is 17.5. The second-order valence-corrected chi connectivity index (χ2v) is 8.32. The Morgan fingerprint density at radius 3 is 2.22 bits per heavy atom. The van der Waals surface area contributed by atoms with Crippen LogP contribution < -0.4 is 10.5 Å². The summed E-state index contributed by atoms with van der Waals surface area (Å²) in [5.74, 6) is -0.910. The Bertz CT molecular complexity index is 880. The molecule has 2 aromatic rings. The number of likely N-dealkylation sites (tertiary alicyclic amines) is 1. The number of hydrogen-bond donors (Lipinski definition) is 2. The van der Waals surface area contributed by atoms with Gasteiger partial charge < -0.3 is 5.73 Å². The fraction of sp³-hybridized carbons (Fsp3) is 0.316. The average Bonchev–Trinajstić information content (AvgIpc) is 2.64. The number of rotatable bonds is 6. The van der Waals surface area contributed by atoms with E-state index in [9.17, 15) is 17.6 Å². The summed E-state index contributed by atoms with van der Waals surface area (Å²) in [5, 5.41) is 0. The quantitative estimate of drug-likeness (QED) is 0.785. The molecular weight excluding hydrogens is 369 g/mol. The molecule has 0 saturated carbocycles. The number of amides is 1. The van der Waals surface area contributed by atoms with Gasteiger partial charge in [0.1, 0.15) is 11.9 Å². The van der Waals surface area contributed by atoms with E-state index in [2.05, 4.69) is 4.72 Å². The Morgan fingerprint density at radius 1 is 1.07 bits per heavy atom. The Hall–Kier alpha value is -2.29. The molecule has 0 bridgehead atoms. The van der Waals surface area contributed by atoms with E-state index in [4.69, 9.17) is 5.73 Å². The number of sulfonamides is 1. The first-order chi connectivity index (χ1) is 12.9. The summed E-state index contributed by atoms with van der Waals surface area (Å²) in [7, 11) is -3.71. The topological polar surface area (TPSA) is 92.5 Å². The Balaban J connectivity index is 1.64. The first-order valence-corrected chi connectivity index (χ1v) is 10.2. The zero-order valence-corrected chi connectivity index (χ0v) is 15.5. The van der Waals surface area contributed by atoms with Gasteiger partial charge in [0, 0.05) is 19.1 Å². The summed E-state index contributed by atoms with van der Waals surface area (Å²) in [6, 6.07) is 13.3. The molecule has 3 rings (SSSR count). The SMILES string of the molecule is NC(=O)[C@@H](c1ccccc1)N1CCC(NS(=O)(=O)c2ccc(F)cc2)CC1. The minimum Gasteiger partial charge on any atom is -0.368 e. The molecule has 1 aliphatic rings. The summed E-state index contributed by atoms with van der Waals surface area (Å²) < 4.78 is 40.5. The Labute approximate surface area is 158 Å². The van der Waals surface area contributed by atoms with E-state index < -0.39 is 27.8 Å². The van der Waals surface area contributed by atoms with Crippen molar-refractivity contribution >= 4 is 15.9 Å². The minimum atomic E-state index is -3.71. The maximum Gasteiger partial charge on any atom is 0.240 e. The van der Waals surface area contributed by atoms with Gasteiger partial charge in [-0.2, -0.15) is 0 Å². The van der Waals surface area contributed by atoms with Gasteiger partial charge in [-0.1, -0.05) is 30.3 Å². The van der Waals surface area contributed by atoms with E-state index in [1.54, 1.807) is 0 Å². The van der Waals surface area contributed by atoms with Gasteiger partial charge in [-0.25, -0.2) is 17.5 Å². The zero-order chi connectivity index (χ0) is 19.4. The molecule has 0 unspecified atom stereocenters. The lowest BCUT2D eigenvalue weighted by Crippen LogP contribution is -2.48. The lowest BCUT2D eigenvalue weighted by Gasteiger charge is -2.36. The first-order valence-electron chi connectivity index (χ1n) is 8.73. The maximum atomic E-state index is 13.0. The zero-order valence-electron chi connectivity index (χ0n) is 14.7. The predicted molar refractivity (Wildman–Crippen MR) is 99.7 cm³/mol. The molecule has 1 heterocycles. The third kappa shape index (κ3) is 4.71. The largest absolute Gasteiger partial charge is 0.368 e. The number of primary amides is 1. The summed E-state index contributed by atoms with van der Waals surface area (Å²) in [6.45, 7) is 1.08. The lowest BCUT2D eigenvalue weighted by atomic mass is 9.99. The van der Waals surface area contributed by atoms with E-state index in [1.807, 2.05) is 35.2 Å². The highest BCUT2D eigenvalue weighted by atomic mass is 32.2. The summed E-state index contributed by atoms with van der Waals surface area (Å²) >= 11 is 0. The number of piperidine rings is 1. The molecule has 0 aliphatic carbocycles. The van der Waals surface area contributed by atoms with Crippen LogP contribution in [0.1, 0.15) is 24.4 Å². The Kier molecular flexibility index (Phi) is 5.88. The van der Waals surface area contributed by atoms with E-state index in [0.29, 0.717) is 25.9 Å². The third-order valence-electron chi connectivity index (χ3n) is 4.73. The van der Waals surface area contributed by atoms with E-state index in [0.717, 1.165) is 17.7 Å². The lowest BCUT2D eigenvalue weighted by molar-refractivity contribution is -0.124. The molecule has 3 N–H and O–H groups in total. The Morgan fingerprint density at radius 2 is 1.67 bits per heavy atom. The summed E-state index contributed by atoms with van der Waals surface area (Å²) in [6.07, 6.45) is 1.11. The van der Waals surface area contributed by atoms with Crippen LogP contribution in [0.3, 0.4) is 0 Å². The number of carbonyl (C=O) groups excluding carboxylic acids is 1. The summed E-state index contributed by atoms with van der Waals surface area (Å²) in [4.78, 5) is 14.0. The molecule has 2 aromatic carbocycles. The first kappa shape index (κ1) is 19.5. The fourth-order valence-corrected chi connectivity index (χ4v) is 4.67. The second kappa shape index (κ2) is 8.16. The van der Waals surface area contributed by atoms with Gasteiger partial charge in [-0.3, -0.25) is 9.69 Å². The van der Waals surface area contributed by atoms with Crippen molar-refractivity contribution in [2.75, 3.05) is 13.1 Å². The van der Waals surface area contributed by atoms with Crippen molar-refractivity contribution in [3.63, 3.8) is 0 Å². The van der Waals surface area contributed by atoms with Crippen LogP contribution >= 0.6 is 0 Å². The number of hydrogen-bond acceptors (Lipinski definition) is 4. The number of nitrogens with two attached hydrogens (primary N) is 1. The molecule has 0 spiro atoms. The van der Waals surface area contributed by atoms with E-state index in [-0.39, 0.29) is 10.9 Å². The van der Waals surface area contributed by atoms with Crippen LogP contribution in [0.5, 0.6) is 0 Å². The molecule has 27 heavy (non-hydrogen) atoms. The maximum absolute atomic E-state index is 13.0. The third-order valence-corrected chi connectivity index (χ3v) is 6.26. The minimum absolute atomic E-state index is 0.0330. The van der Waals surface area contributed by atoms with Crippen LogP contribution in [0, 0.1) is 5.82 Å². The van der Waals surface area contributed by atoms with Gasteiger partial charge in [0.15, 0.2) is 0 Å². The number of carbonyl (C=O) groups is 1. The molecule has 1 aliphatic heterocycles. The smallest absolute Gasteiger partial charge is 0.240 e. The van der Waals surface area contributed by atoms with Crippen molar-refractivity contribution in [3.05, 3.63) is 66.0 Å². The van der Waals surface area contributed by atoms with Crippen molar-refractivity contribution in [1.29, 1.82) is 0 Å². The molecule has 144 valence electrons. The fourth-order valence-electron chi connectivity index (χ4n) is 3.37. The molecule has 8 heteroatoms. The molecule has 1 atom stereocenters. The van der Waals surface area contributed by atoms with Crippen LogP contribution in [0.25, 0.3) is 0 Å². The van der Waals surface area contributed by atoms with Crippen LogP contribution in [0.15, 0.2) is 59.5 Å². The van der Waals surface area contributed by atoms with Gasteiger partial charge in [0.05, 0.1) is 4.90 Å². The number of halogens is 1. The second-order valence-electron chi connectivity index (χ2n) is 6.60. The van der Waals surface area contributed by atoms with Crippen molar-refractivity contribution in [2.24, 2.45) is 5.73 Å². The predicted octanol–water partition coefficient (Wildman–Crippen LogP) is 1.79. The molecular formula is C19H22FN3O3S. The standard InChI is InChI=1S/C19H22FN3O3S/c20-15-6-8-17(9-7-15)27(25,26)22-16-10-12-23(13-11-16)18(19(21)24)14-4-2-1-3-5-14/h1-9,16,18,22H,10-13H2,(H2,21,24)/t18-/m1/s1. The van der Waals surface area contributed by atoms with Gasteiger partial charge in [-0.15, -0.1) is 0 Å². The van der Waals surface area contributed by atoms with Crippen molar-refractivity contribution in [3.8, 4) is 0 Å². The molecule has 0 aromatic heterocycles. The highest BCUT2D eigenvalue weighted by Crippen LogP contribution is 2.25. The number of nitrogens with one attached hydrogen (secondary N) is 1. The van der Waals surface area contributed by atoms with Gasteiger partial charge in [0.2, 0.25) is 15.9 Å². The van der Waals surface area contributed by atoms with Gasteiger partial charge >= 0.3 is 0 Å². The average molecular weight is 391 g/mol. The summed E-state index contributed by atoms with van der Waals surface area (Å²) in [5.41, 5.74) is 6.43. The monoisotopic (exact) mass is 391 g/mol. The number of nitrogens with zero attached hydrogens (tertiary/aromatic N) is 1. The van der Waals surface area contributed by atoms with Crippen molar-refractivity contribution in [1.82, 2.24) is 9.62 Å². The van der Waals surface area contributed by atoms with Gasteiger partial charge in [0.25, 0.3) is 0 Å². The molecule has 1 amide bonds. The van der Waals surface area contributed by atoms with Crippen LogP contribution in [0.4, 0.5) is 4.39 Å². The van der Waals surface area contributed by atoms with Crippen LogP contribution in [-0.4, -0.2) is 38.4 Å².